The molecule has 0 bridgehead atoms. The summed E-state index contributed by atoms with van der Waals surface area (Å²) in [7, 11) is 0. The van der Waals surface area contributed by atoms with Gasteiger partial charge in [0.2, 0.25) is 0 Å². The summed E-state index contributed by atoms with van der Waals surface area (Å²) in [5.74, 6) is 1.10. The van der Waals surface area contributed by atoms with Crippen LogP contribution in [0.25, 0.3) is 11.3 Å². The minimum atomic E-state index is 0.0809. The fourth-order valence-electron chi connectivity index (χ4n) is 1.73. The van der Waals surface area contributed by atoms with Gasteiger partial charge in [-0.1, -0.05) is 0 Å². The quantitative estimate of drug-likeness (QED) is 0.819. The molecule has 6 nitrogen and oxygen atoms in total. The summed E-state index contributed by atoms with van der Waals surface area (Å²) in [6.07, 6.45) is 1.47. The molecule has 0 radical (unpaired) electrons. The second kappa shape index (κ2) is 6.11. The molecule has 0 fully saturated rings. The zero-order valence-corrected chi connectivity index (χ0v) is 11.3. The Balaban J connectivity index is 2.72. The van der Waals surface area contributed by atoms with Crippen LogP contribution in [0.5, 0.6) is 0 Å². The monoisotopic (exact) mass is 285 g/mol. The number of rotatable bonds is 4. The maximum atomic E-state index is 9.38. The van der Waals surface area contributed by atoms with Crippen molar-refractivity contribution in [3.05, 3.63) is 29.5 Å². The van der Waals surface area contributed by atoms with Crippen molar-refractivity contribution in [3.8, 4) is 23.5 Å². The lowest BCUT2D eigenvalue weighted by atomic mass is 10.0. The van der Waals surface area contributed by atoms with Crippen molar-refractivity contribution < 1.29 is 4.42 Å². The zero-order chi connectivity index (χ0) is 14.5. The highest BCUT2D eigenvalue weighted by Crippen LogP contribution is 2.35. The summed E-state index contributed by atoms with van der Waals surface area (Å²) in [6.45, 7) is 0.452. The minimum Gasteiger partial charge on any atom is -0.464 e. The number of anilines is 1. The average molecular weight is 285 g/mol. The van der Waals surface area contributed by atoms with E-state index in [1.807, 2.05) is 6.07 Å². The summed E-state index contributed by atoms with van der Waals surface area (Å²) < 4.78 is 5.30. The Bertz CT molecular complexity index is 697. The van der Waals surface area contributed by atoms with Gasteiger partial charge in [-0.2, -0.15) is 10.5 Å². The van der Waals surface area contributed by atoms with Gasteiger partial charge >= 0.3 is 0 Å². The first-order valence-electron chi connectivity index (χ1n) is 5.73. The van der Waals surface area contributed by atoms with E-state index in [9.17, 15) is 10.5 Å². The van der Waals surface area contributed by atoms with E-state index in [-0.39, 0.29) is 16.9 Å². The van der Waals surface area contributed by atoms with Crippen LogP contribution < -0.4 is 11.5 Å². The van der Waals surface area contributed by atoms with E-state index >= 15 is 0 Å². The number of pyridine rings is 1. The minimum absolute atomic E-state index is 0.0809. The lowest BCUT2D eigenvalue weighted by molar-refractivity contribution is 0.581. The third-order valence-corrected chi connectivity index (χ3v) is 3.55. The van der Waals surface area contributed by atoms with Crippen LogP contribution in [-0.2, 0) is 0 Å². The van der Waals surface area contributed by atoms with Gasteiger partial charge in [-0.15, -0.1) is 11.8 Å². The largest absolute Gasteiger partial charge is 0.464 e. The number of furan rings is 1. The van der Waals surface area contributed by atoms with Gasteiger partial charge in [0.1, 0.15) is 34.3 Å². The van der Waals surface area contributed by atoms with Crippen LogP contribution in [0.3, 0.4) is 0 Å². The first-order valence-corrected chi connectivity index (χ1v) is 6.71. The third kappa shape index (κ3) is 2.45. The molecule has 0 aliphatic rings. The standard InChI is InChI=1S/C13H11N5OS/c14-3-5-20-13-9(7-16)11(10-2-1-4-19-10)8(6-15)12(17)18-13/h1-2,4H,3,5,14H2,(H2,17,18). The fraction of sp³-hybridized carbons (Fsp3) is 0.154. The summed E-state index contributed by atoms with van der Waals surface area (Å²) in [5.41, 5.74) is 12.1. The number of nitriles is 2. The lowest BCUT2D eigenvalue weighted by Crippen LogP contribution is -2.05. The molecule has 0 aliphatic heterocycles. The van der Waals surface area contributed by atoms with Gasteiger partial charge in [-0.3, -0.25) is 0 Å². The van der Waals surface area contributed by atoms with E-state index in [1.54, 1.807) is 12.1 Å². The second-order valence-corrected chi connectivity index (χ2v) is 4.85. The molecule has 0 aliphatic carbocycles. The molecule has 2 heterocycles. The SMILES string of the molecule is N#Cc1c(N)nc(SCCN)c(C#N)c1-c1ccco1. The Hall–Kier alpha value is -2.48. The van der Waals surface area contributed by atoms with E-state index in [2.05, 4.69) is 11.1 Å². The molecule has 0 saturated carbocycles. The van der Waals surface area contributed by atoms with E-state index in [4.69, 9.17) is 15.9 Å². The highest BCUT2D eigenvalue weighted by molar-refractivity contribution is 7.99. The molecule has 100 valence electrons. The molecule has 0 unspecified atom stereocenters. The molecular weight excluding hydrogens is 274 g/mol. The maximum Gasteiger partial charge on any atom is 0.143 e. The summed E-state index contributed by atoms with van der Waals surface area (Å²) in [4.78, 5) is 4.12. The van der Waals surface area contributed by atoms with Crippen LogP contribution in [0.15, 0.2) is 27.8 Å². The Morgan fingerprint density at radius 2 is 2.05 bits per heavy atom. The molecule has 0 aromatic carbocycles. The molecular formula is C13H11N5OS. The molecule has 2 aromatic heterocycles. The van der Waals surface area contributed by atoms with Crippen molar-refractivity contribution in [1.82, 2.24) is 4.98 Å². The first kappa shape index (κ1) is 13.9. The van der Waals surface area contributed by atoms with Gasteiger partial charge < -0.3 is 15.9 Å². The van der Waals surface area contributed by atoms with E-state index in [1.165, 1.54) is 18.0 Å². The normalized spacial score (nSPS) is 9.95. The van der Waals surface area contributed by atoms with Crippen LogP contribution in [0.4, 0.5) is 5.82 Å². The molecule has 0 amide bonds. The Morgan fingerprint density at radius 1 is 1.30 bits per heavy atom. The number of aromatic nitrogens is 1. The topological polar surface area (TPSA) is 126 Å². The number of nitrogens with zero attached hydrogens (tertiary/aromatic N) is 3. The van der Waals surface area contributed by atoms with Crippen molar-refractivity contribution in [2.45, 2.75) is 5.03 Å². The molecule has 4 N–H and O–H groups in total. The summed E-state index contributed by atoms with van der Waals surface area (Å²) in [6, 6.07) is 7.41. The van der Waals surface area contributed by atoms with Gasteiger partial charge in [0, 0.05) is 12.3 Å². The molecule has 0 saturated heterocycles. The van der Waals surface area contributed by atoms with Gasteiger partial charge in [-0.05, 0) is 12.1 Å². The lowest BCUT2D eigenvalue weighted by Gasteiger charge is -2.10. The van der Waals surface area contributed by atoms with Crippen LogP contribution >= 0.6 is 11.8 Å². The van der Waals surface area contributed by atoms with E-state index in [0.29, 0.717) is 28.6 Å². The van der Waals surface area contributed by atoms with E-state index in [0.717, 1.165) is 0 Å². The van der Waals surface area contributed by atoms with Crippen molar-refractivity contribution in [2.75, 3.05) is 18.0 Å². The molecule has 2 rings (SSSR count). The zero-order valence-electron chi connectivity index (χ0n) is 10.5. The predicted molar refractivity (Wildman–Crippen MR) is 75.6 cm³/mol. The highest BCUT2D eigenvalue weighted by Gasteiger charge is 2.21. The third-order valence-electron chi connectivity index (χ3n) is 2.54. The molecule has 20 heavy (non-hydrogen) atoms. The smallest absolute Gasteiger partial charge is 0.143 e. The van der Waals surface area contributed by atoms with Gasteiger partial charge in [0.15, 0.2) is 0 Å². The second-order valence-electron chi connectivity index (χ2n) is 3.77. The Morgan fingerprint density at radius 3 is 2.60 bits per heavy atom. The van der Waals surface area contributed by atoms with E-state index < -0.39 is 0 Å². The van der Waals surface area contributed by atoms with Crippen LogP contribution in [0, 0.1) is 22.7 Å². The van der Waals surface area contributed by atoms with Crippen LogP contribution in [0.1, 0.15) is 11.1 Å². The average Bonchev–Trinajstić information content (AvgIpc) is 2.98. The molecule has 2 aromatic rings. The Kier molecular flexibility index (Phi) is 4.26. The maximum absolute atomic E-state index is 9.38. The summed E-state index contributed by atoms with van der Waals surface area (Å²) >= 11 is 1.33. The molecule has 7 heteroatoms. The van der Waals surface area contributed by atoms with Crippen molar-refractivity contribution in [2.24, 2.45) is 5.73 Å². The highest BCUT2D eigenvalue weighted by atomic mass is 32.2. The molecule has 0 atom stereocenters. The number of nitrogen functional groups attached to an aromatic ring is 1. The van der Waals surface area contributed by atoms with Gasteiger partial charge in [0.05, 0.1) is 17.4 Å². The fourth-order valence-corrected chi connectivity index (χ4v) is 2.49. The summed E-state index contributed by atoms with van der Waals surface area (Å²) in [5, 5.41) is 19.1. The number of nitrogens with two attached hydrogens (primary N) is 2. The number of thioether (sulfide) groups is 1. The number of hydrogen-bond donors (Lipinski definition) is 2. The van der Waals surface area contributed by atoms with Gasteiger partial charge in [0.25, 0.3) is 0 Å². The van der Waals surface area contributed by atoms with Gasteiger partial charge in [-0.25, -0.2) is 4.98 Å². The first-order chi connectivity index (χ1) is 9.72. The van der Waals surface area contributed by atoms with Crippen molar-refractivity contribution >= 4 is 17.6 Å². The van der Waals surface area contributed by atoms with Crippen molar-refractivity contribution in [3.63, 3.8) is 0 Å². The van der Waals surface area contributed by atoms with Crippen LogP contribution in [-0.4, -0.2) is 17.3 Å². The molecule has 0 spiro atoms. The van der Waals surface area contributed by atoms with Crippen LogP contribution in [0.2, 0.25) is 0 Å². The van der Waals surface area contributed by atoms with Crippen molar-refractivity contribution in [1.29, 1.82) is 10.5 Å². The predicted octanol–water partition coefficient (Wildman–Crippen LogP) is 1.72. The Labute approximate surface area is 120 Å². The number of hydrogen-bond acceptors (Lipinski definition) is 7.